The van der Waals surface area contributed by atoms with Crippen LogP contribution in [0.1, 0.15) is 5.69 Å². The minimum absolute atomic E-state index is 0.367. The van der Waals surface area contributed by atoms with E-state index in [9.17, 15) is 18.0 Å². The summed E-state index contributed by atoms with van der Waals surface area (Å²) in [6, 6.07) is 7.81. The highest BCUT2D eigenvalue weighted by Crippen LogP contribution is 2.21. The summed E-state index contributed by atoms with van der Waals surface area (Å²) in [7, 11) is 0. The second-order valence-electron chi connectivity index (χ2n) is 4.25. The van der Waals surface area contributed by atoms with Gasteiger partial charge in [-0.1, -0.05) is 18.2 Å². The van der Waals surface area contributed by atoms with Crippen molar-refractivity contribution in [3.05, 3.63) is 36.0 Å². The van der Waals surface area contributed by atoms with Crippen molar-refractivity contribution in [2.24, 2.45) is 0 Å². The number of nitrogens with one attached hydrogen (secondary N) is 2. The van der Waals surface area contributed by atoms with Crippen LogP contribution in [0.15, 0.2) is 30.3 Å². The molecule has 0 aliphatic rings. The van der Waals surface area contributed by atoms with Gasteiger partial charge in [-0.05, 0) is 19.1 Å². The summed E-state index contributed by atoms with van der Waals surface area (Å²) >= 11 is 0. The molecule has 106 valence electrons. The van der Waals surface area contributed by atoms with E-state index in [1.54, 1.807) is 30.4 Å². The molecule has 2 aromatic rings. The van der Waals surface area contributed by atoms with Crippen LogP contribution in [0, 0.1) is 6.92 Å². The first-order chi connectivity index (χ1) is 9.35. The second-order valence-corrected chi connectivity index (χ2v) is 4.25. The van der Waals surface area contributed by atoms with Crippen LogP contribution in [0.5, 0.6) is 0 Å². The number of anilines is 1. The number of hydrogen-bond acceptors (Lipinski definition) is 2. The Bertz CT molecular complexity index is 640. The predicted molar refractivity (Wildman–Crippen MR) is 69.6 cm³/mol. The number of alkyl halides is 3. The van der Waals surface area contributed by atoms with E-state index in [1.165, 1.54) is 0 Å². The Labute approximate surface area is 113 Å². The molecule has 0 aliphatic heterocycles. The zero-order valence-electron chi connectivity index (χ0n) is 10.6. The topological polar surface area (TPSA) is 54.0 Å². The molecule has 0 aliphatic carbocycles. The number of carbonyl (C=O) groups excluding carboxylic acids is 1. The van der Waals surface area contributed by atoms with Crippen LogP contribution in [0.25, 0.3) is 10.9 Å². The summed E-state index contributed by atoms with van der Waals surface area (Å²) in [5.41, 5.74) is 1.66. The van der Waals surface area contributed by atoms with E-state index in [4.69, 9.17) is 0 Å². The number of pyridine rings is 1. The van der Waals surface area contributed by atoms with Crippen molar-refractivity contribution >= 4 is 22.6 Å². The SMILES string of the molecule is Cc1ccc2cccc(NC(=O)NCC(F)(F)F)c2n1. The molecule has 0 unspecified atom stereocenters. The lowest BCUT2D eigenvalue weighted by Gasteiger charge is -2.11. The van der Waals surface area contributed by atoms with Crippen molar-refractivity contribution < 1.29 is 18.0 Å². The van der Waals surface area contributed by atoms with Crippen LogP contribution < -0.4 is 10.6 Å². The van der Waals surface area contributed by atoms with Gasteiger partial charge in [-0.3, -0.25) is 4.98 Å². The standard InChI is InChI=1S/C13H12F3N3O/c1-8-5-6-9-3-2-4-10(11(9)18-8)19-12(20)17-7-13(14,15)16/h2-6H,7H2,1H3,(H2,17,19,20). The number of aryl methyl sites for hydroxylation is 1. The zero-order valence-corrected chi connectivity index (χ0v) is 10.6. The van der Waals surface area contributed by atoms with Crippen molar-refractivity contribution in [1.82, 2.24) is 10.3 Å². The molecule has 7 heteroatoms. The number of nitrogens with zero attached hydrogens (tertiary/aromatic N) is 1. The number of carbonyl (C=O) groups is 1. The molecule has 2 rings (SSSR count). The molecule has 1 aromatic heterocycles. The van der Waals surface area contributed by atoms with Gasteiger partial charge in [-0.2, -0.15) is 13.2 Å². The third-order valence-corrected chi connectivity index (χ3v) is 2.56. The van der Waals surface area contributed by atoms with Crippen LogP contribution >= 0.6 is 0 Å². The van der Waals surface area contributed by atoms with Crippen LogP contribution in [-0.4, -0.2) is 23.7 Å². The van der Waals surface area contributed by atoms with Gasteiger partial charge in [-0.25, -0.2) is 4.79 Å². The smallest absolute Gasteiger partial charge is 0.329 e. The van der Waals surface area contributed by atoms with Gasteiger partial charge >= 0.3 is 12.2 Å². The number of para-hydroxylation sites is 1. The van der Waals surface area contributed by atoms with Crippen LogP contribution in [0.3, 0.4) is 0 Å². The van der Waals surface area contributed by atoms with Crippen molar-refractivity contribution in [1.29, 1.82) is 0 Å². The lowest BCUT2D eigenvalue weighted by Crippen LogP contribution is -2.36. The fourth-order valence-electron chi connectivity index (χ4n) is 1.69. The minimum Gasteiger partial charge on any atom is -0.329 e. The molecule has 0 saturated heterocycles. The Balaban J connectivity index is 2.17. The molecular formula is C13H12F3N3O. The van der Waals surface area contributed by atoms with Crippen molar-refractivity contribution in [3.8, 4) is 0 Å². The average Bonchev–Trinajstić information content (AvgIpc) is 2.36. The Morgan fingerprint density at radius 2 is 2.00 bits per heavy atom. The number of halogens is 3. The predicted octanol–water partition coefficient (Wildman–Crippen LogP) is 3.23. The molecule has 0 spiro atoms. The maximum Gasteiger partial charge on any atom is 0.405 e. The molecule has 1 heterocycles. The summed E-state index contributed by atoms with van der Waals surface area (Å²) in [4.78, 5) is 15.7. The monoisotopic (exact) mass is 283 g/mol. The molecule has 20 heavy (non-hydrogen) atoms. The second kappa shape index (κ2) is 5.36. The summed E-state index contributed by atoms with van der Waals surface area (Å²) in [6.45, 7) is 0.413. The Morgan fingerprint density at radius 1 is 1.25 bits per heavy atom. The van der Waals surface area contributed by atoms with Gasteiger partial charge in [0.2, 0.25) is 0 Å². The van der Waals surface area contributed by atoms with Gasteiger partial charge in [0, 0.05) is 11.1 Å². The summed E-state index contributed by atoms with van der Waals surface area (Å²) in [5.74, 6) is 0. The fraction of sp³-hybridized carbons (Fsp3) is 0.231. The maximum absolute atomic E-state index is 12.0. The number of aromatic nitrogens is 1. The first-order valence-corrected chi connectivity index (χ1v) is 5.83. The minimum atomic E-state index is -4.44. The highest BCUT2D eigenvalue weighted by molar-refractivity contribution is 5.99. The van der Waals surface area contributed by atoms with Gasteiger partial charge in [0.25, 0.3) is 0 Å². The third-order valence-electron chi connectivity index (χ3n) is 2.56. The van der Waals surface area contributed by atoms with E-state index in [2.05, 4.69) is 10.3 Å². The van der Waals surface area contributed by atoms with E-state index in [0.29, 0.717) is 11.2 Å². The van der Waals surface area contributed by atoms with Gasteiger partial charge < -0.3 is 10.6 Å². The van der Waals surface area contributed by atoms with E-state index in [1.807, 2.05) is 12.1 Å². The van der Waals surface area contributed by atoms with E-state index >= 15 is 0 Å². The molecule has 4 nitrogen and oxygen atoms in total. The van der Waals surface area contributed by atoms with Gasteiger partial charge in [0.05, 0.1) is 11.2 Å². The molecule has 0 fully saturated rings. The molecule has 0 radical (unpaired) electrons. The van der Waals surface area contributed by atoms with Gasteiger partial charge in [0.15, 0.2) is 0 Å². The molecule has 2 N–H and O–H groups in total. The first-order valence-electron chi connectivity index (χ1n) is 5.83. The maximum atomic E-state index is 12.0. The largest absolute Gasteiger partial charge is 0.405 e. The van der Waals surface area contributed by atoms with Crippen LogP contribution in [0.2, 0.25) is 0 Å². The Morgan fingerprint density at radius 3 is 2.70 bits per heavy atom. The Hall–Kier alpha value is -2.31. The molecule has 0 saturated carbocycles. The molecule has 1 aromatic carbocycles. The van der Waals surface area contributed by atoms with Gasteiger partial charge in [-0.15, -0.1) is 0 Å². The molecular weight excluding hydrogens is 271 g/mol. The van der Waals surface area contributed by atoms with E-state index in [0.717, 1.165) is 11.1 Å². The number of fused-ring (bicyclic) bond motifs is 1. The highest BCUT2D eigenvalue weighted by Gasteiger charge is 2.27. The number of benzene rings is 1. The average molecular weight is 283 g/mol. The van der Waals surface area contributed by atoms with Crippen molar-refractivity contribution in [2.75, 3.05) is 11.9 Å². The van der Waals surface area contributed by atoms with E-state index in [-0.39, 0.29) is 0 Å². The summed E-state index contributed by atoms with van der Waals surface area (Å²) in [6.07, 6.45) is -4.44. The normalized spacial score (nSPS) is 11.4. The zero-order chi connectivity index (χ0) is 14.8. The molecule has 2 amide bonds. The lowest BCUT2D eigenvalue weighted by atomic mass is 10.2. The number of urea groups is 1. The van der Waals surface area contributed by atoms with E-state index < -0.39 is 18.8 Å². The number of hydrogen-bond donors (Lipinski definition) is 2. The molecule has 0 bridgehead atoms. The van der Waals surface area contributed by atoms with Crippen LogP contribution in [0.4, 0.5) is 23.7 Å². The van der Waals surface area contributed by atoms with Gasteiger partial charge in [0.1, 0.15) is 6.54 Å². The quantitative estimate of drug-likeness (QED) is 0.889. The highest BCUT2D eigenvalue weighted by atomic mass is 19.4. The summed E-state index contributed by atoms with van der Waals surface area (Å²) < 4.78 is 36.0. The Kier molecular flexibility index (Phi) is 3.78. The first kappa shape index (κ1) is 14.1. The van der Waals surface area contributed by atoms with Crippen molar-refractivity contribution in [3.63, 3.8) is 0 Å². The number of amides is 2. The number of rotatable bonds is 2. The van der Waals surface area contributed by atoms with Crippen LogP contribution in [-0.2, 0) is 0 Å². The lowest BCUT2D eigenvalue weighted by molar-refractivity contribution is -0.122. The van der Waals surface area contributed by atoms with Crippen molar-refractivity contribution in [2.45, 2.75) is 13.1 Å². The third kappa shape index (κ3) is 3.59. The summed E-state index contributed by atoms with van der Waals surface area (Å²) in [5, 5.41) is 4.92. The fourth-order valence-corrected chi connectivity index (χ4v) is 1.69. The molecule has 0 atom stereocenters.